The average Bonchev–Trinajstić information content (AvgIpc) is 2.83. The number of nitrogens with one attached hydrogen (secondary N) is 1. The van der Waals surface area contributed by atoms with Crippen molar-refractivity contribution in [2.75, 3.05) is 13.1 Å². The molecule has 0 aromatic carbocycles. The van der Waals surface area contributed by atoms with E-state index in [1.807, 2.05) is 0 Å². The molecule has 0 unspecified atom stereocenters. The predicted octanol–water partition coefficient (Wildman–Crippen LogP) is 1.16. The van der Waals surface area contributed by atoms with Gasteiger partial charge in [-0.25, -0.2) is 0 Å². The first-order valence-corrected chi connectivity index (χ1v) is 4.98. The third-order valence-electron chi connectivity index (χ3n) is 2.48. The highest BCUT2D eigenvalue weighted by Crippen LogP contribution is 2.24. The molecule has 0 radical (unpaired) electrons. The lowest BCUT2D eigenvalue weighted by Gasteiger charge is -2.16. The second-order valence-electron chi connectivity index (χ2n) is 3.71. The van der Waals surface area contributed by atoms with Gasteiger partial charge in [0.2, 0.25) is 0 Å². The first-order valence-electron chi connectivity index (χ1n) is 4.98. The predicted molar refractivity (Wildman–Crippen MR) is 50.0 cm³/mol. The Morgan fingerprint density at radius 3 is 2.94 bits per heavy atom. The summed E-state index contributed by atoms with van der Waals surface area (Å²) in [6, 6.07) is 0. The van der Waals surface area contributed by atoms with Crippen molar-refractivity contribution in [1.29, 1.82) is 0 Å². The number of carbonyl (C=O) groups is 1. The van der Waals surface area contributed by atoms with Gasteiger partial charge in [0.15, 0.2) is 0 Å². The van der Waals surface area contributed by atoms with E-state index in [1.54, 1.807) is 0 Å². The molecule has 1 aromatic rings. The SMILES string of the molecule is O=C(c1cn[nH]c1)N1CC[C@H](OC(F)(F)F)C1. The molecule has 0 aliphatic carbocycles. The first kappa shape index (κ1) is 11.9. The smallest absolute Gasteiger partial charge is 0.336 e. The molecule has 5 nitrogen and oxygen atoms in total. The van der Waals surface area contributed by atoms with Crippen LogP contribution in [0.5, 0.6) is 0 Å². The summed E-state index contributed by atoms with van der Waals surface area (Å²) in [6.45, 7) is 0.203. The second-order valence-corrected chi connectivity index (χ2v) is 3.71. The van der Waals surface area contributed by atoms with Crippen LogP contribution in [0.1, 0.15) is 16.8 Å². The number of H-pyrrole nitrogens is 1. The van der Waals surface area contributed by atoms with E-state index in [0.29, 0.717) is 5.56 Å². The Morgan fingerprint density at radius 2 is 2.35 bits per heavy atom. The average molecular weight is 249 g/mol. The van der Waals surface area contributed by atoms with Gasteiger partial charge in [0.1, 0.15) is 0 Å². The van der Waals surface area contributed by atoms with Gasteiger partial charge in [-0.05, 0) is 6.42 Å². The summed E-state index contributed by atoms with van der Waals surface area (Å²) in [5, 5.41) is 6.08. The maximum Gasteiger partial charge on any atom is 0.522 e. The summed E-state index contributed by atoms with van der Waals surface area (Å²) in [6.07, 6.45) is -2.71. The summed E-state index contributed by atoms with van der Waals surface area (Å²) in [5.41, 5.74) is 0.331. The third-order valence-corrected chi connectivity index (χ3v) is 2.48. The Hall–Kier alpha value is -1.57. The van der Waals surface area contributed by atoms with Crippen LogP contribution in [0, 0.1) is 0 Å². The van der Waals surface area contributed by atoms with Crippen molar-refractivity contribution in [2.24, 2.45) is 0 Å². The van der Waals surface area contributed by atoms with Crippen molar-refractivity contribution in [3.05, 3.63) is 18.0 Å². The molecule has 94 valence electrons. The van der Waals surface area contributed by atoms with E-state index < -0.39 is 12.5 Å². The van der Waals surface area contributed by atoms with E-state index in [-0.39, 0.29) is 25.4 Å². The van der Waals surface area contributed by atoms with Crippen molar-refractivity contribution >= 4 is 5.91 Å². The molecule has 1 N–H and O–H groups in total. The quantitative estimate of drug-likeness (QED) is 0.855. The van der Waals surface area contributed by atoms with Crippen LogP contribution < -0.4 is 0 Å². The number of halogens is 3. The highest BCUT2D eigenvalue weighted by atomic mass is 19.4. The fourth-order valence-corrected chi connectivity index (χ4v) is 1.75. The Morgan fingerprint density at radius 1 is 1.59 bits per heavy atom. The van der Waals surface area contributed by atoms with Crippen molar-refractivity contribution in [1.82, 2.24) is 15.1 Å². The lowest BCUT2D eigenvalue weighted by Crippen LogP contribution is -2.31. The number of aromatic nitrogens is 2. The van der Waals surface area contributed by atoms with Gasteiger partial charge in [-0.2, -0.15) is 5.10 Å². The minimum Gasteiger partial charge on any atom is -0.336 e. The van der Waals surface area contributed by atoms with Crippen LogP contribution >= 0.6 is 0 Å². The minimum atomic E-state index is -4.65. The molecule has 2 rings (SSSR count). The molecule has 1 amide bonds. The molecular weight excluding hydrogens is 239 g/mol. The molecule has 8 heteroatoms. The van der Waals surface area contributed by atoms with E-state index in [2.05, 4.69) is 14.9 Å². The maximum absolute atomic E-state index is 12.0. The molecule has 0 bridgehead atoms. The van der Waals surface area contributed by atoms with Gasteiger partial charge in [0.05, 0.1) is 17.9 Å². The fraction of sp³-hybridized carbons (Fsp3) is 0.556. The molecule has 17 heavy (non-hydrogen) atoms. The molecule has 2 heterocycles. The van der Waals surface area contributed by atoms with Crippen LogP contribution in [0.25, 0.3) is 0 Å². The summed E-state index contributed by atoms with van der Waals surface area (Å²) in [7, 11) is 0. The number of carbonyl (C=O) groups excluding carboxylic acids is 1. The summed E-state index contributed by atoms with van der Waals surface area (Å²) >= 11 is 0. The zero-order valence-electron chi connectivity index (χ0n) is 8.70. The van der Waals surface area contributed by atoms with Crippen LogP contribution in [-0.4, -0.2) is 46.6 Å². The number of rotatable bonds is 2. The molecule has 1 atom stereocenters. The van der Waals surface area contributed by atoms with Gasteiger partial charge in [0.25, 0.3) is 5.91 Å². The number of likely N-dealkylation sites (tertiary alicyclic amines) is 1. The van der Waals surface area contributed by atoms with Gasteiger partial charge < -0.3 is 4.90 Å². The summed E-state index contributed by atoms with van der Waals surface area (Å²) in [5.74, 6) is -0.341. The van der Waals surface area contributed by atoms with Gasteiger partial charge in [0, 0.05) is 19.3 Å². The number of nitrogens with zero attached hydrogens (tertiary/aromatic N) is 2. The Bertz CT molecular complexity index is 391. The van der Waals surface area contributed by atoms with Crippen LogP contribution in [0.4, 0.5) is 13.2 Å². The highest BCUT2D eigenvalue weighted by Gasteiger charge is 2.37. The second kappa shape index (κ2) is 4.36. The van der Waals surface area contributed by atoms with Crippen molar-refractivity contribution in [3.63, 3.8) is 0 Å². The van der Waals surface area contributed by atoms with Gasteiger partial charge in [-0.1, -0.05) is 0 Å². The van der Waals surface area contributed by atoms with Crippen molar-refractivity contribution < 1.29 is 22.7 Å². The maximum atomic E-state index is 12.0. The van der Waals surface area contributed by atoms with Crippen LogP contribution in [0.3, 0.4) is 0 Å². The molecule has 0 spiro atoms. The van der Waals surface area contributed by atoms with E-state index in [9.17, 15) is 18.0 Å². The zero-order chi connectivity index (χ0) is 12.5. The van der Waals surface area contributed by atoms with E-state index in [1.165, 1.54) is 17.3 Å². The summed E-state index contributed by atoms with van der Waals surface area (Å²) in [4.78, 5) is 13.1. The van der Waals surface area contributed by atoms with Gasteiger partial charge in [-0.3, -0.25) is 14.6 Å². The van der Waals surface area contributed by atoms with Gasteiger partial charge in [-0.15, -0.1) is 13.2 Å². The summed E-state index contributed by atoms with van der Waals surface area (Å²) < 4.78 is 39.8. The third kappa shape index (κ3) is 2.96. The Balaban J connectivity index is 1.92. The lowest BCUT2D eigenvalue weighted by molar-refractivity contribution is -0.340. The van der Waals surface area contributed by atoms with E-state index in [0.717, 1.165) is 0 Å². The molecular formula is C9H10F3N3O2. The molecule has 1 aromatic heterocycles. The molecule has 1 fully saturated rings. The van der Waals surface area contributed by atoms with E-state index >= 15 is 0 Å². The van der Waals surface area contributed by atoms with E-state index in [4.69, 9.17) is 0 Å². The first-order chi connectivity index (χ1) is 7.96. The molecule has 1 aliphatic heterocycles. The number of alkyl halides is 3. The van der Waals surface area contributed by atoms with Gasteiger partial charge >= 0.3 is 6.36 Å². The fourth-order valence-electron chi connectivity index (χ4n) is 1.75. The number of amides is 1. The number of hydrogen-bond donors (Lipinski definition) is 1. The number of hydrogen-bond acceptors (Lipinski definition) is 3. The van der Waals surface area contributed by atoms with Crippen molar-refractivity contribution in [2.45, 2.75) is 18.9 Å². The topological polar surface area (TPSA) is 58.2 Å². The zero-order valence-corrected chi connectivity index (χ0v) is 8.70. The number of ether oxygens (including phenoxy) is 1. The minimum absolute atomic E-state index is 0.0521. The standard InChI is InChI=1S/C9H10F3N3O2/c10-9(11,12)17-7-1-2-15(5-7)8(16)6-3-13-14-4-6/h3-4,7H,1-2,5H2,(H,13,14)/t7-/m0/s1. The Labute approximate surface area is 94.5 Å². The Kier molecular flexibility index (Phi) is 3.05. The van der Waals surface area contributed by atoms with Crippen LogP contribution in [-0.2, 0) is 4.74 Å². The van der Waals surface area contributed by atoms with Crippen LogP contribution in [0.15, 0.2) is 12.4 Å². The molecule has 0 saturated carbocycles. The lowest BCUT2D eigenvalue weighted by atomic mass is 10.3. The van der Waals surface area contributed by atoms with Crippen LogP contribution in [0.2, 0.25) is 0 Å². The highest BCUT2D eigenvalue weighted by molar-refractivity contribution is 5.93. The molecule has 1 saturated heterocycles. The number of aromatic amines is 1. The normalized spacial score (nSPS) is 20.9. The largest absolute Gasteiger partial charge is 0.522 e. The van der Waals surface area contributed by atoms with Crippen molar-refractivity contribution in [3.8, 4) is 0 Å². The molecule has 1 aliphatic rings. The monoisotopic (exact) mass is 249 g/mol.